The molecule has 3 heteroatoms. The van der Waals surface area contributed by atoms with Gasteiger partial charge in [0.2, 0.25) is 0 Å². The summed E-state index contributed by atoms with van der Waals surface area (Å²) in [6.45, 7) is 3.15. The summed E-state index contributed by atoms with van der Waals surface area (Å²) in [5.41, 5.74) is 0.119. The summed E-state index contributed by atoms with van der Waals surface area (Å²) in [5, 5.41) is 0. The van der Waals surface area contributed by atoms with Crippen LogP contribution in [0.4, 0.5) is 0 Å². The average molecular weight is 85.9 g/mol. The van der Waals surface area contributed by atoms with Crippen LogP contribution in [0, 0.1) is 0 Å². The molecule has 0 spiro atoms. The quantitative estimate of drug-likeness (QED) is 0.211. The molecule has 0 aliphatic rings. The standard InChI is InChI=1S/C2H3BOS/c1-2(3)4-5/h5H,1H2. The predicted octanol–water partition coefficient (Wildman–Crippen LogP) is 0.487. The second kappa shape index (κ2) is 2.21. The minimum atomic E-state index is 0.119. The third-order valence-corrected chi connectivity index (χ3v) is 0.352. The molecule has 0 aromatic carbocycles. The van der Waals surface area contributed by atoms with E-state index in [9.17, 15) is 0 Å². The Hall–Kier alpha value is -0.0451. The molecule has 0 saturated heterocycles. The molecule has 0 bridgehead atoms. The fourth-order valence-electron chi connectivity index (χ4n) is 0. The average Bonchev–Trinajstić information content (AvgIpc) is 1.38. The van der Waals surface area contributed by atoms with Gasteiger partial charge in [-0.05, 0) is 0 Å². The van der Waals surface area contributed by atoms with Gasteiger partial charge >= 0.3 is 0 Å². The highest BCUT2D eigenvalue weighted by Crippen LogP contribution is 1.84. The van der Waals surface area contributed by atoms with Gasteiger partial charge in [0.15, 0.2) is 7.85 Å². The first-order chi connectivity index (χ1) is 2.27. The van der Waals surface area contributed by atoms with Crippen LogP contribution in [0.1, 0.15) is 0 Å². The van der Waals surface area contributed by atoms with E-state index in [0.717, 1.165) is 0 Å². The number of rotatable bonds is 1. The maximum atomic E-state index is 4.80. The van der Waals surface area contributed by atoms with Crippen molar-refractivity contribution >= 4 is 20.8 Å². The number of thiol groups is 1. The van der Waals surface area contributed by atoms with Gasteiger partial charge in [-0.25, -0.2) is 0 Å². The zero-order chi connectivity index (χ0) is 4.28. The van der Waals surface area contributed by atoms with Gasteiger partial charge in [-0.2, -0.15) is 0 Å². The first kappa shape index (κ1) is 4.95. The van der Waals surface area contributed by atoms with Crippen LogP contribution in [0.15, 0.2) is 12.2 Å². The van der Waals surface area contributed by atoms with Crippen LogP contribution in [0.25, 0.3) is 0 Å². The van der Waals surface area contributed by atoms with Crippen LogP contribution < -0.4 is 0 Å². The lowest BCUT2D eigenvalue weighted by atomic mass is 10.1. The summed E-state index contributed by atoms with van der Waals surface area (Å²) in [4.78, 5) is 0. The number of hydrogen-bond donors (Lipinski definition) is 1. The Morgan fingerprint density at radius 2 is 2.20 bits per heavy atom. The smallest absolute Gasteiger partial charge is 0.168 e. The van der Waals surface area contributed by atoms with Gasteiger partial charge in [-0.3, -0.25) is 0 Å². The molecule has 0 fully saturated rings. The molecule has 0 N–H and O–H groups in total. The van der Waals surface area contributed by atoms with Crippen molar-refractivity contribution in [2.45, 2.75) is 0 Å². The number of hydrogen-bond acceptors (Lipinski definition) is 2. The molecule has 26 valence electrons. The van der Waals surface area contributed by atoms with Crippen molar-refractivity contribution in [2.75, 3.05) is 0 Å². The molecule has 0 unspecified atom stereocenters. The minimum absolute atomic E-state index is 0.119. The van der Waals surface area contributed by atoms with Gasteiger partial charge < -0.3 is 4.18 Å². The van der Waals surface area contributed by atoms with E-state index in [2.05, 4.69) is 23.7 Å². The Balaban J connectivity index is 2.85. The van der Waals surface area contributed by atoms with Crippen LogP contribution in [0.2, 0.25) is 0 Å². The maximum Gasteiger partial charge on any atom is 0.168 e. The van der Waals surface area contributed by atoms with E-state index in [1.807, 2.05) is 0 Å². The van der Waals surface area contributed by atoms with Gasteiger partial charge in [0.05, 0.1) is 0 Å². The highest BCUT2D eigenvalue weighted by Gasteiger charge is 1.67. The minimum Gasteiger partial charge on any atom is -0.446 e. The van der Waals surface area contributed by atoms with Crippen LogP contribution >= 0.6 is 12.9 Å². The summed E-state index contributed by atoms with van der Waals surface area (Å²) in [7, 11) is 4.80. The fourth-order valence-corrected chi connectivity index (χ4v) is 0. The molecule has 1 nitrogen and oxygen atoms in total. The van der Waals surface area contributed by atoms with Gasteiger partial charge in [0.1, 0.15) is 0 Å². The van der Waals surface area contributed by atoms with E-state index >= 15 is 0 Å². The molecule has 0 aromatic heterocycles. The highest BCUT2D eigenvalue weighted by atomic mass is 32.1. The summed E-state index contributed by atoms with van der Waals surface area (Å²) >= 11 is 3.29. The monoisotopic (exact) mass is 86.0 g/mol. The Morgan fingerprint density at radius 1 is 2.00 bits per heavy atom. The Morgan fingerprint density at radius 3 is 2.20 bits per heavy atom. The lowest BCUT2D eigenvalue weighted by Gasteiger charge is -1.86. The molecule has 5 heavy (non-hydrogen) atoms. The highest BCUT2D eigenvalue weighted by molar-refractivity contribution is 7.75. The van der Waals surface area contributed by atoms with Crippen molar-refractivity contribution in [3.63, 3.8) is 0 Å². The van der Waals surface area contributed by atoms with Crippen molar-refractivity contribution < 1.29 is 4.18 Å². The molecule has 0 amide bonds. The molecule has 0 aliphatic carbocycles. The van der Waals surface area contributed by atoms with Gasteiger partial charge in [0, 0.05) is 18.6 Å². The van der Waals surface area contributed by atoms with Crippen LogP contribution in [-0.4, -0.2) is 7.85 Å². The zero-order valence-corrected chi connectivity index (χ0v) is 3.53. The summed E-state index contributed by atoms with van der Waals surface area (Å²) < 4.78 is 4.03. The third kappa shape index (κ3) is 3.95. The lowest BCUT2D eigenvalue weighted by molar-refractivity contribution is 0.558. The molecule has 0 aromatic rings. The van der Waals surface area contributed by atoms with E-state index in [-0.39, 0.29) is 5.66 Å². The largest absolute Gasteiger partial charge is 0.446 e. The molecule has 0 atom stereocenters. The van der Waals surface area contributed by atoms with Gasteiger partial charge in [-0.1, -0.05) is 6.58 Å². The SMILES string of the molecule is [B]C(=C)OS. The molecular weight excluding hydrogens is 82.9 g/mol. The normalized spacial score (nSPS) is 6.60. The predicted molar refractivity (Wildman–Crippen MR) is 25.0 cm³/mol. The first-order valence-electron chi connectivity index (χ1n) is 1.03. The Bertz CT molecular complexity index is 44.9. The van der Waals surface area contributed by atoms with Crippen LogP contribution in [-0.2, 0) is 4.18 Å². The molecule has 0 heterocycles. The van der Waals surface area contributed by atoms with Crippen molar-refractivity contribution in [1.29, 1.82) is 0 Å². The van der Waals surface area contributed by atoms with Gasteiger partial charge in [0.25, 0.3) is 0 Å². The summed E-state index contributed by atoms with van der Waals surface area (Å²) in [5.74, 6) is 0. The van der Waals surface area contributed by atoms with Crippen molar-refractivity contribution in [1.82, 2.24) is 0 Å². The first-order valence-corrected chi connectivity index (χ1v) is 1.39. The van der Waals surface area contributed by atoms with E-state index in [1.54, 1.807) is 0 Å². The molecule has 0 saturated carbocycles. The third-order valence-electron chi connectivity index (χ3n) is 0.117. The van der Waals surface area contributed by atoms with E-state index in [0.29, 0.717) is 0 Å². The van der Waals surface area contributed by atoms with Crippen LogP contribution in [0.5, 0.6) is 0 Å². The molecule has 0 rings (SSSR count). The fraction of sp³-hybridized carbons (Fsp3) is 0. The molecule has 2 radical (unpaired) electrons. The van der Waals surface area contributed by atoms with E-state index in [1.165, 1.54) is 0 Å². The van der Waals surface area contributed by atoms with Crippen molar-refractivity contribution in [2.24, 2.45) is 0 Å². The second-order valence-corrected chi connectivity index (χ2v) is 0.740. The maximum absolute atomic E-state index is 4.80. The summed E-state index contributed by atoms with van der Waals surface area (Å²) in [6, 6.07) is 0. The zero-order valence-electron chi connectivity index (χ0n) is 2.64. The Kier molecular flexibility index (Phi) is 2.19. The molecule has 0 aliphatic heterocycles. The van der Waals surface area contributed by atoms with Crippen molar-refractivity contribution in [3.05, 3.63) is 12.2 Å². The van der Waals surface area contributed by atoms with Crippen LogP contribution in [0.3, 0.4) is 0 Å². The Labute approximate surface area is 38.0 Å². The van der Waals surface area contributed by atoms with E-state index < -0.39 is 0 Å². The lowest BCUT2D eigenvalue weighted by Crippen LogP contribution is -1.70. The topological polar surface area (TPSA) is 9.23 Å². The van der Waals surface area contributed by atoms with E-state index in [4.69, 9.17) is 7.85 Å². The molecular formula is C2H3BOS. The van der Waals surface area contributed by atoms with Gasteiger partial charge in [-0.15, -0.1) is 0 Å². The second-order valence-electron chi connectivity index (χ2n) is 0.558. The summed E-state index contributed by atoms with van der Waals surface area (Å²) in [6.07, 6.45) is 0. The van der Waals surface area contributed by atoms with Crippen molar-refractivity contribution in [3.8, 4) is 0 Å².